The van der Waals surface area contributed by atoms with E-state index in [2.05, 4.69) is 21.3 Å². The summed E-state index contributed by atoms with van der Waals surface area (Å²) in [6.45, 7) is 4.42. The van der Waals surface area contributed by atoms with Crippen LogP contribution in [0.5, 0.6) is 5.75 Å². The number of carbonyl (C=O) groups is 7. The van der Waals surface area contributed by atoms with Crippen molar-refractivity contribution in [3.05, 3.63) is 29.8 Å². The van der Waals surface area contributed by atoms with Gasteiger partial charge < -0.3 is 53.0 Å². The minimum absolute atomic E-state index is 0.0579. The van der Waals surface area contributed by atoms with Crippen LogP contribution in [0.3, 0.4) is 0 Å². The zero-order valence-corrected chi connectivity index (χ0v) is 32.0. The Morgan fingerprint density at radius 1 is 0.788 bits per heavy atom. The summed E-state index contributed by atoms with van der Waals surface area (Å²) in [4.78, 5) is 92.4. The van der Waals surface area contributed by atoms with E-state index in [1.807, 2.05) is 6.26 Å². The number of nitrogens with zero attached hydrogens (tertiary/aromatic N) is 1. The van der Waals surface area contributed by atoms with Crippen LogP contribution in [-0.4, -0.2) is 136 Å². The number of primary amides is 1. The molecule has 17 nitrogen and oxygen atoms in total. The van der Waals surface area contributed by atoms with Gasteiger partial charge in [0.05, 0.1) is 13.0 Å². The lowest BCUT2D eigenvalue weighted by atomic mass is 9.84. The van der Waals surface area contributed by atoms with E-state index in [9.17, 15) is 48.9 Å². The molecule has 0 saturated heterocycles. The molecule has 1 aromatic carbocycles. The van der Waals surface area contributed by atoms with Gasteiger partial charge in [0.2, 0.25) is 35.4 Å². The lowest BCUT2D eigenvalue weighted by molar-refractivity contribution is -0.146. The Labute approximate surface area is 312 Å². The fourth-order valence-electron chi connectivity index (χ4n) is 5.15. The van der Waals surface area contributed by atoms with Gasteiger partial charge in [0, 0.05) is 13.5 Å². The average Bonchev–Trinajstić information content (AvgIpc) is 3.06. The molecule has 0 bridgehead atoms. The first kappa shape index (κ1) is 46.0. The Morgan fingerprint density at radius 2 is 1.27 bits per heavy atom. The molecule has 0 aliphatic carbocycles. The molecular weight excluding hydrogens is 719 g/mol. The van der Waals surface area contributed by atoms with Crippen molar-refractivity contribution in [1.82, 2.24) is 26.2 Å². The lowest BCUT2D eigenvalue weighted by Crippen LogP contribution is -2.62. The first-order valence-corrected chi connectivity index (χ1v) is 19.2. The van der Waals surface area contributed by atoms with Crippen LogP contribution < -0.4 is 32.7 Å². The van der Waals surface area contributed by atoms with Crippen molar-refractivity contribution in [2.24, 2.45) is 16.9 Å². The number of aromatic hydroxyl groups is 1. The highest BCUT2D eigenvalue weighted by Crippen LogP contribution is 2.25. The van der Waals surface area contributed by atoms with Gasteiger partial charge in [-0.2, -0.15) is 23.5 Å². The number of nitrogens with one attached hydrogen (secondary N) is 4. The number of phenolic OH excluding ortho intramolecular Hbond substituents is 1. The monoisotopic (exact) mass is 771 g/mol. The number of rotatable bonds is 22. The largest absolute Gasteiger partial charge is 0.508 e. The van der Waals surface area contributed by atoms with E-state index in [1.165, 1.54) is 54.8 Å². The minimum atomic E-state index is -1.60. The van der Waals surface area contributed by atoms with Gasteiger partial charge in [-0.25, -0.2) is 4.79 Å². The fraction of sp³-hybridized carbons (Fsp3) is 0.606. The van der Waals surface area contributed by atoms with E-state index in [1.54, 1.807) is 27.0 Å². The van der Waals surface area contributed by atoms with Crippen molar-refractivity contribution in [2.45, 2.75) is 82.7 Å². The standard InChI is InChI=1S/C33H53N7O10S2/c1-33(2,3)26(40(4)31(48)21(11-13-51-5)36-27(44)20(34)17-41)30(47)39-23(15-18-7-9-19(42)10-8-18)28(45)38-24(16-25(35)43)29(46)37-22(32(49)50)12-14-52-6/h7-10,20-24,26,41-42H,11-17,34H2,1-6H3,(H2,35,43)(H,36,44)(H,37,46)(H,38,45)(H,39,47)(H,49,50)/t20-,21-,22-,23-,24-,26+/m0/s1. The van der Waals surface area contributed by atoms with Crippen molar-refractivity contribution in [3.8, 4) is 5.75 Å². The summed E-state index contributed by atoms with van der Waals surface area (Å²) in [6, 6.07) is -2.20. The molecule has 0 aliphatic rings. The number of carboxylic acids is 1. The molecule has 0 fully saturated rings. The third-order valence-electron chi connectivity index (χ3n) is 7.83. The molecule has 52 heavy (non-hydrogen) atoms. The van der Waals surface area contributed by atoms with Gasteiger partial charge in [-0.1, -0.05) is 32.9 Å². The number of phenols is 1. The molecule has 0 spiro atoms. The van der Waals surface area contributed by atoms with Crippen molar-refractivity contribution in [2.75, 3.05) is 37.7 Å². The Bertz CT molecular complexity index is 1390. The van der Waals surface area contributed by atoms with Gasteiger partial charge in [-0.15, -0.1) is 0 Å². The molecule has 0 aliphatic heterocycles. The maximum absolute atomic E-state index is 14.1. The van der Waals surface area contributed by atoms with Crippen molar-refractivity contribution in [3.63, 3.8) is 0 Å². The Kier molecular flexibility index (Phi) is 19.5. The summed E-state index contributed by atoms with van der Waals surface area (Å²) >= 11 is 2.78. The number of amides is 6. The highest BCUT2D eigenvalue weighted by atomic mass is 32.2. The number of thioether (sulfide) groups is 2. The number of aliphatic carboxylic acids is 1. The lowest BCUT2D eigenvalue weighted by Gasteiger charge is -2.39. The number of likely N-dealkylation sites (N-methyl/N-ethyl adjacent to an activating group) is 1. The maximum Gasteiger partial charge on any atom is 0.326 e. The second kappa shape index (κ2) is 22.1. The topological polar surface area (TPSA) is 284 Å². The zero-order valence-electron chi connectivity index (χ0n) is 30.3. The van der Waals surface area contributed by atoms with Gasteiger partial charge in [-0.05, 0) is 60.0 Å². The molecular formula is C33H53N7O10S2. The summed E-state index contributed by atoms with van der Waals surface area (Å²) in [5.74, 6) is -5.55. The van der Waals surface area contributed by atoms with Gasteiger partial charge in [0.1, 0.15) is 42.0 Å². The molecule has 1 rings (SSSR count). The van der Waals surface area contributed by atoms with Gasteiger partial charge in [-0.3, -0.25) is 28.8 Å². The number of carbonyl (C=O) groups excluding carboxylic acids is 6. The molecule has 0 aromatic heterocycles. The fourth-order valence-corrected chi connectivity index (χ4v) is 6.10. The summed E-state index contributed by atoms with van der Waals surface area (Å²) in [7, 11) is 1.38. The number of nitrogens with two attached hydrogens (primary N) is 2. The highest BCUT2D eigenvalue weighted by molar-refractivity contribution is 7.98. The van der Waals surface area contributed by atoms with Gasteiger partial charge in [0.25, 0.3) is 0 Å². The smallest absolute Gasteiger partial charge is 0.326 e. The maximum atomic E-state index is 14.1. The molecule has 0 saturated carbocycles. The molecule has 6 atom stereocenters. The first-order chi connectivity index (χ1) is 24.3. The van der Waals surface area contributed by atoms with Gasteiger partial charge >= 0.3 is 5.97 Å². The first-order valence-electron chi connectivity index (χ1n) is 16.4. The Morgan fingerprint density at radius 3 is 1.75 bits per heavy atom. The van der Waals surface area contributed by atoms with Crippen molar-refractivity contribution in [1.29, 1.82) is 0 Å². The van der Waals surface area contributed by atoms with Crippen LogP contribution in [0.2, 0.25) is 0 Å². The van der Waals surface area contributed by atoms with E-state index in [0.29, 0.717) is 17.1 Å². The third kappa shape index (κ3) is 15.3. The van der Waals surface area contributed by atoms with Crippen LogP contribution in [0, 0.1) is 5.41 Å². The number of hydrogen-bond acceptors (Lipinski definition) is 12. The van der Waals surface area contributed by atoms with Crippen LogP contribution >= 0.6 is 23.5 Å². The van der Waals surface area contributed by atoms with Crippen molar-refractivity contribution < 1.29 is 48.9 Å². The van der Waals surface area contributed by atoms with Crippen LogP contribution in [0.25, 0.3) is 0 Å². The van der Waals surface area contributed by atoms with Crippen LogP contribution in [0.15, 0.2) is 24.3 Å². The predicted molar refractivity (Wildman–Crippen MR) is 198 cm³/mol. The number of carboxylic acid groups (broad SMARTS) is 1. The number of aliphatic hydroxyl groups is 1. The average molecular weight is 772 g/mol. The van der Waals surface area contributed by atoms with Crippen LogP contribution in [0.4, 0.5) is 0 Å². The van der Waals surface area contributed by atoms with E-state index >= 15 is 0 Å². The van der Waals surface area contributed by atoms with Gasteiger partial charge in [0.15, 0.2) is 0 Å². The second-order valence-corrected chi connectivity index (χ2v) is 15.2. The Balaban J connectivity index is 3.51. The SMILES string of the molecule is CSCC[C@H](NC(=O)[C@H](CC(N)=O)NC(=O)[C@H](Cc1ccc(O)cc1)NC(=O)[C@@H](N(C)C(=O)[C@H](CCSC)NC(=O)[C@@H](N)CO)C(C)(C)C)C(=O)O. The molecule has 19 heteroatoms. The molecule has 1 aromatic rings. The van der Waals surface area contributed by atoms with E-state index in [0.717, 1.165) is 4.90 Å². The second-order valence-electron chi connectivity index (χ2n) is 13.2. The zero-order chi connectivity index (χ0) is 39.8. The molecule has 292 valence electrons. The van der Waals surface area contributed by atoms with E-state index < -0.39 is 96.1 Å². The summed E-state index contributed by atoms with van der Waals surface area (Å²) in [6.07, 6.45) is 2.96. The molecule has 0 radical (unpaired) electrons. The summed E-state index contributed by atoms with van der Waals surface area (Å²) in [5, 5.41) is 38.6. The quantitative estimate of drug-likeness (QED) is 0.0652. The molecule has 0 unspecified atom stereocenters. The van der Waals surface area contributed by atoms with E-state index in [-0.39, 0.29) is 25.0 Å². The van der Waals surface area contributed by atoms with Crippen LogP contribution in [-0.2, 0) is 40.0 Å². The molecule has 11 N–H and O–H groups in total. The predicted octanol–water partition coefficient (Wildman–Crippen LogP) is -1.47. The van der Waals surface area contributed by atoms with Crippen LogP contribution in [0.1, 0.15) is 45.6 Å². The number of hydrogen-bond donors (Lipinski definition) is 9. The molecule has 0 heterocycles. The Hall–Kier alpha value is -4.07. The number of aliphatic hydroxyl groups excluding tert-OH is 1. The molecule has 6 amide bonds. The van der Waals surface area contributed by atoms with E-state index in [4.69, 9.17) is 11.5 Å². The normalized spacial score (nSPS) is 14.8. The summed E-state index contributed by atoms with van der Waals surface area (Å²) < 4.78 is 0. The number of benzene rings is 1. The minimum Gasteiger partial charge on any atom is -0.508 e. The summed E-state index contributed by atoms with van der Waals surface area (Å²) in [5.41, 5.74) is 10.6. The third-order valence-corrected chi connectivity index (χ3v) is 9.12. The highest BCUT2D eigenvalue weighted by Gasteiger charge is 2.41. The van der Waals surface area contributed by atoms with Crippen molar-refractivity contribution >= 4 is 64.9 Å².